The van der Waals surface area contributed by atoms with Crippen molar-refractivity contribution in [3.8, 4) is 0 Å². The van der Waals surface area contributed by atoms with Gasteiger partial charge in [-0.15, -0.1) is 0 Å². The Kier molecular flexibility index (Phi) is 3.63. The molecule has 0 radical (unpaired) electrons. The summed E-state index contributed by atoms with van der Waals surface area (Å²) < 4.78 is 24.9. The third-order valence-corrected chi connectivity index (χ3v) is 4.82. The van der Waals surface area contributed by atoms with Crippen LogP contribution in [0.3, 0.4) is 0 Å². The molecule has 1 aromatic rings. The van der Waals surface area contributed by atoms with E-state index < -0.39 is 6.17 Å². The highest BCUT2D eigenvalue weighted by Gasteiger charge is 2.51. The highest BCUT2D eigenvalue weighted by molar-refractivity contribution is 6.62. The number of likely N-dealkylation sites (tertiary alicyclic amines) is 1. The zero-order valence-corrected chi connectivity index (χ0v) is 13.2. The first-order chi connectivity index (χ1) is 9.77. The van der Waals surface area contributed by atoms with E-state index in [-0.39, 0.29) is 18.3 Å². The van der Waals surface area contributed by atoms with Crippen molar-refractivity contribution in [1.82, 2.24) is 4.90 Å². The molecule has 5 heteroatoms. The van der Waals surface area contributed by atoms with Crippen molar-refractivity contribution >= 4 is 12.6 Å². The van der Waals surface area contributed by atoms with Gasteiger partial charge < -0.3 is 9.31 Å². The van der Waals surface area contributed by atoms with Gasteiger partial charge in [0.05, 0.1) is 11.2 Å². The average molecular weight is 291 g/mol. The molecule has 21 heavy (non-hydrogen) atoms. The van der Waals surface area contributed by atoms with Crippen LogP contribution < -0.4 is 5.46 Å². The summed E-state index contributed by atoms with van der Waals surface area (Å²) in [6.45, 7) is 10.1. The average Bonchev–Trinajstić information content (AvgIpc) is 2.57. The number of halogens is 1. The lowest BCUT2D eigenvalue weighted by Gasteiger charge is -2.34. The Morgan fingerprint density at radius 3 is 2.10 bits per heavy atom. The summed E-state index contributed by atoms with van der Waals surface area (Å²) in [5, 5.41) is 0. The lowest BCUT2D eigenvalue weighted by atomic mass is 9.79. The van der Waals surface area contributed by atoms with E-state index in [0.29, 0.717) is 13.1 Å². The zero-order chi connectivity index (χ0) is 15.3. The van der Waals surface area contributed by atoms with Crippen LogP contribution in [-0.2, 0) is 15.9 Å². The van der Waals surface area contributed by atoms with Gasteiger partial charge in [0, 0.05) is 19.6 Å². The molecule has 0 bridgehead atoms. The smallest absolute Gasteiger partial charge is 0.399 e. The van der Waals surface area contributed by atoms with Crippen LogP contribution in [0.4, 0.5) is 4.39 Å². The normalized spacial score (nSPS) is 25.1. The molecule has 3 nitrogen and oxygen atoms in total. The van der Waals surface area contributed by atoms with E-state index in [9.17, 15) is 4.39 Å². The molecule has 0 atom stereocenters. The van der Waals surface area contributed by atoms with E-state index in [4.69, 9.17) is 9.31 Å². The van der Waals surface area contributed by atoms with Crippen molar-refractivity contribution in [1.29, 1.82) is 0 Å². The van der Waals surface area contributed by atoms with Gasteiger partial charge >= 0.3 is 7.12 Å². The minimum Gasteiger partial charge on any atom is -0.399 e. The molecule has 3 rings (SSSR count). The Labute approximate surface area is 126 Å². The summed E-state index contributed by atoms with van der Waals surface area (Å²) in [6, 6.07) is 8.24. The quantitative estimate of drug-likeness (QED) is 0.796. The van der Waals surface area contributed by atoms with Crippen molar-refractivity contribution in [3.05, 3.63) is 29.8 Å². The van der Waals surface area contributed by atoms with Gasteiger partial charge in [-0.2, -0.15) is 0 Å². The Bertz CT molecular complexity index is 496. The van der Waals surface area contributed by atoms with Crippen LogP contribution in [0.1, 0.15) is 33.3 Å². The monoisotopic (exact) mass is 291 g/mol. The summed E-state index contributed by atoms with van der Waals surface area (Å²) in [7, 11) is -0.316. The van der Waals surface area contributed by atoms with E-state index >= 15 is 0 Å². The number of benzene rings is 1. The second-order valence-corrected chi connectivity index (χ2v) is 7.12. The Hall–Kier alpha value is -0.905. The fourth-order valence-electron chi connectivity index (χ4n) is 2.65. The molecule has 2 saturated heterocycles. The van der Waals surface area contributed by atoms with Crippen LogP contribution in [0.5, 0.6) is 0 Å². The van der Waals surface area contributed by atoms with Crippen LogP contribution in [0.15, 0.2) is 24.3 Å². The fraction of sp³-hybridized carbons (Fsp3) is 0.625. The van der Waals surface area contributed by atoms with Crippen LogP contribution in [0, 0.1) is 0 Å². The number of nitrogens with zero attached hydrogens (tertiary/aromatic N) is 1. The second-order valence-electron chi connectivity index (χ2n) is 7.12. The number of rotatable bonds is 3. The predicted molar refractivity (Wildman–Crippen MR) is 82.3 cm³/mol. The molecule has 2 aliphatic heterocycles. The van der Waals surface area contributed by atoms with Gasteiger partial charge in [-0.25, -0.2) is 4.39 Å². The molecule has 0 spiro atoms. The van der Waals surface area contributed by atoms with Crippen LogP contribution in [-0.4, -0.2) is 42.5 Å². The van der Waals surface area contributed by atoms with E-state index in [1.54, 1.807) is 0 Å². The third kappa shape index (κ3) is 2.87. The molecule has 0 amide bonds. The second kappa shape index (κ2) is 5.08. The SMILES string of the molecule is CC1(C)OB(c2ccc(CN3CC(F)C3)cc2)OC1(C)C. The third-order valence-electron chi connectivity index (χ3n) is 4.82. The Morgan fingerprint density at radius 1 is 1.10 bits per heavy atom. The molecule has 0 aromatic heterocycles. The Morgan fingerprint density at radius 2 is 1.62 bits per heavy atom. The molecule has 2 heterocycles. The number of alkyl halides is 1. The van der Waals surface area contributed by atoms with Crippen molar-refractivity contribution in [2.24, 2.45) is 0 Å². The fourth-order valence-corrected chi connectivity index (χ4v) is 2.65. The van der Waals surface area contributed by atoms with Gasteiger partial charge in [0.1, 0.15) is 6.17 Å². The van der Waals surface area contributed by atoms with Gasteiger partial charge in [0.25, 0.3) is 0 Å². The number of hydrogen-bond acceptors (Lipinski definition) is 3. The molecule has 0 aliphatic carbocycles. The molecule has 1 aromatic carbocycles. The largest absolute Gasteiger partial charge is 0.494 e. The topological polar surface area (TPSA) is 21.7 Å². The van der Waals surface area contributed by atoms with Gasteiger partial charge in [-0.05, 0) is 38.7 Å². The van der Waals surface area contributed by atoms with Crippen molar-refractivity contribution in [2.45, 2.75) is 51.6 Å². The molecule has 114 valence electrons. The molecule has 2 aliphatic rings. The molecule has 0 unspecified atom stereocenters. The first kappa shape index (κ1) is 15.0. The maximum absolute atomic E-state index is 12.8. The van der Waals surface area contributed by atoms with E-state index in [1.165, 1.54) is 5.56 Å². The minimum absolute atomic E-state index is 0.315. The summed E-state index contributed by atoms with van der Waals surface area (Å²) >= 11 is 0. The summed E-state index contributed by atoms with van der Waals surface area (Å²) in [5.74, 6) is 0. The molecule has 2 fully saturated rings. The maximum atomic E-state index is 12.8. The van der Waals surface area contributed by atoms with Crippen LogP contribution in [0.2, 0.25) is 0 Å². The van der Waals surface area contributed by atoms with Gasteiger partial charge in [-0.1, -0.05) is 24.3 Å². The lowest BCUT2D eigenvalue weighted by molar-refractivity contribution is 0.00578. The zero-order valence-electron chi connectivity index (χ0n) is 13.2. The number of hydrogen-bond donors (Lipinski definition) is 0. The highest BCUT2D eigenvalue weighted by Crippen LogP contribution is 2.36. The standard InChI is InChI=1S/C16H23BFNO2/c1-15(2)16(3,4)21-17(20-15)13-7-5-12(6-8-13)9-19-10-14(18)11-19/h5-8,14H,9-11H2,1-4H3. The Balaban J connectivity index is 1.65. The molecular weight excluding hydrogens is 268 g/mol. The molecule has 0 saturated carbocycles. The van der Waals surface area contributed by atoms with Crippen LogP contribution >= 0.6 is 0 Å². The first-order valence-corrected chi connectivity index (χ1v) is 7.58. The van der Waals surface area contributed by atoms with Crippen LogP contribution in [0.25, 0.3) is 0 Å². The van der Waals surface area contributed by atoms with Crippen molar-refractivity contribution in [3.63, 3.8) is 0 Å². The van der Waals surface area contributed by atoms with Crippen molar-refractivity contribution < 1.29 is 13.7 Å². The first-order valence-electron chi connectivity index (χ1n) is 7.58. The molecule has 0 N–H and O–H groups in total. The maximum Gasteiger partial charge on any atom is 0.494 e. The van der Waals surface area contributed by atoms with Gasteiger partial charge in [-0.3, -0.25) is 4.90 Å². The highest BCUT2D eigenvalue weighted by atomic mass is 19.1. The van der Waals surface area contributed by atoms with E-state index in [0.717, 1.165) is 12.0 Å². The summed E-state index contributed by atoms with van der Waals surface area (Å²) in [4.78, 5) is 2.11. The van der Waals surface area contributed by atoms with E-state index in [1.807, 2.05) is 12.1 Å². The summed E-state index contributed by atoms with van der Waals surface area (Å²) in [5.41, 5.74) is 1.60. The van der Waals surface area contributed by atoms with E-state index in [2.05, 4.69) is 44.7 Å². The molecular formula is C16H23BFNO2. The van der Waals surface area contributed by atoms with Crippen molar-refractivity contribution in [2.75, 3.05) is 13.1 Å². The van der Waals surface area contributed by atoms with Gasteiger partial charge in [0.2, 0.25) is 0 Å². The van der Waals surface area contributed by atoms with Gasteiger partial charge in [0.15, 0.2) is 0 Å². The predicted octanol–water partition coefficient (Wildman–Crippen LogP) is 2.14. The lowest BCUT2D eigenvalue weighted by Crippen LogP contribution is -2.47. The minimum atomic E-state index is -0.644. The summed E-state index contributed by atoms with van der Waals surface area (Å²) in [6.07, 6.45) is -0.644.